The molecule has 0 aliphatic carbocycles. The molecule has 0 amide bonds. The van der Waals surface area contributed by atoms with Gasteiger partial charge in [0.05, 0.1) is 6.10 Å². The maximum Gasteiger partial charge on any atom is 0.252 e. The molecule has 0 fully saturated rings. The number of nitrogens with zero attached hydrogens (tertiary/aromatic N) is 2. The van der Waals surface area contributed by atoms with Crippen LogP contribution in [0.3, 0.4) is 0 Å². The quantitative estimate of drug-likeness (QED) is 0.845. The first-order valence-electron chi connectivity index (χ1n) is 4.59. The number of nitrogens with two attached hydrogens (primary N) is 1. The molecule has 2 rings (SSSR count). The van der Waals surface area contributed by atoms with Crippen molar-refractivity contribution < 1.29 is 14.2 Å². The highest BCUT2D eigenvalue weighted by atomic mass is 32.1. The number of aromatic nitrogens is 2. The van der Waals surface area contributed by atoms with E-state index in [9.17, 15) is 4.39 Å². The number of ether oxygens (including phenoxy) is 1. The van der Waals surface area contributed by atoms with Crippen LogP contribution in [0.1, 0.15) is 6.92 Å². The maximum atomic E-state index is 13.4. The van der Waals surface area contributed by atoms with Crippen LogP contribution in [-0.4, -0.2) is 27.8 Å². The molecule has 3 N–H and O–H groups in total. The number of halogens is 1. The Kier molecular flexibility index (Phi) is 2.88. The molecule has 2 heterocycles. The van der Waals surface area contributed by atoms with E-state index in [4.69, 9.17) is 15.6 Å². The fraction of sp³-hybridized carbons (Fsp3) is 0.333. The van der Waals surface area contributed by atoms with Crippen LogP contribution in [0.2, 0.25) is 0 Å². The molecule has 0 saturated carbocycles. The molecule has 2 aromatic rings. The average molecular weight is 243 g/mol. The second-order valence-electron chi connectivity index (χ2n) is 3.31. The minimum Gasteiger partial charge on any atom is -0.473 e. The molecule has 7 heteroatoms. The number of aliphatic hydroxyl groups is 1. The zero-order valence-corrected chi connectivity index (χ0v) is 9.29. The van der Waals surface area contributed by atoms with Gasteiger partial charge in [-0.1, -0.05) is 11.3 Å². The van der Waals surface area contributed by atoms with Gasteiger partial charge in [0.15, 0.2) is 10.9 Å². The summed E-state index contributed by atoms with van der Waals surface area (Å²) in [7, 11) is 0. The summed E-state index contributed by atoms with van der Waals surface area (Å²) in [5.74, 6) is -0.754. The summed E-state index contributed by atoms with van der Waals surface area (Å²) in [6.07, 6.45) is -0.677. The van der Waals surface area contributed by atoms with Crippen LogP contribution < -0.4 is 10.5 Å². The van der Waals surface area contributed by atoms with Crippen molar-refractivity contribution in [1.29, 1.82) is 0 Å². The topological polar surface area (TPSA) is 81.3 Å². The monoisotopic (exact) mass is 243 g/mol. The lowest BCUT2D eigenvalue weighted by molar-refractivity contribution is 0.117. The minimum absolute atomic E-state index is 0.0102. The predicted molar refractivity (Wildman–Crippen MR) is 59.0 cm³/mol. The molecule has 5 nitrogen and oxygen atoms in total. The van der Waals surface area contributed by atoms with Crippen molar-refractivity contribution in [2.75, 3.05) is 12.3 Å². The van der Waals surface area contributed by atoms with Gasteiger partial charge in [0, 0.05) is 6.07 Å². The Morgan fingerprint density at radius 1 is 1.62 bits per heavy atom. The Morgan fingerprint density at radius 2 is 2.38 bits per heavy atom. The lowest BCUT2D eigenvalue weighted by Crippen LogP contribution is -2.14. The molecule has 0 radical (unpaired) electrons. The Morgan fingerprint density at radius 3 is 3.06 bits per heavy atom. The number of thiazole rings is 1. The van der Waals surface area contributed by atoms with Gasteiger partial charge < -0.3 is 15.6 Å². The molecule has 0 aliphatic rings. The second-order valence-corrected chi connectivity index (χ2v) is 4.32. The lowest BCUT2D eigenvalue weighted by atomic mass is 10.4. The second kappa shape index (κ2) is 4.18. The zero-order valence-electron chi connectivity index (χ0n) is 8.48. The molecule has 0 bridgehead atoms. The maximum absolute atomic E-state index is 13.4. The van der Waals surface area contributed by atoms with E-state index in [-0.39, 0.29) is 12.5 Å². The van der Waals surface area contributed by atoms with Gasteiger partial charge in [-0.3, -0.25) is 0 Å². The standard InChI is InChI=1S/C9H10FN3O2S/c1-4(14)3-15-7-5(10)2-6-8(13-7)16-9(11)12-6/h2,4,14H,3H2,1H3,(H2,11,12)/t4-/m1/s1. The summed E-state index contributed by atoms with van der Waals surface area (Å²) < 4.78 is 18.5. The van der Waals surface area contributed by atoms with Crippen LogP contribution >= 0.6 is 11.3 Å². The van der Waals surface area contributed by atoms with E-state index < -0.39 is 11.9 Å². The lowest BCUT2D eigenvalue weighted by Gasteiger charge is -2.07. The Hall–Kier alpha value is -1.47. The fourth-order valence-corrected chi connectivity index (χ4v) is 1.82. The van der Waals surface area contributed by atoms with Gasteiger partial charge in [0.25, 0.3) is 5.88 Å². The molecule has 0 spiro atoms. The van der Waals surface area contributed by atoms with Crippen LogP contribution in [0.5, 0.6) is 5.88 Å². The van der Waals surface area contributed by atoms with Crippen molar-refractivity contribution >= 4 is 26.8 Å². The number of hydrogen-bond donors (Lipinski definition) is 2. The minimum atomic E-state index is -0.677. The van der Waals surface area contributed by atoms with Crippen molar-refractivity contribution in [1.82, 2.24) is 9.97 Å². The molecule has 16 heavy (non-hydrogen) atoms. The first-order chi connectivity index (χ1) is 7.56. The highest BCUT2D eigenvalue weighted by Gasteiger charge is 2.12. The van der Waals surface area contributed by atoms with E-state index in [1.54, 1.807) is 6.92 Å². The van der Waals surface area contributed by atoms with Crippen LogP contribution in [0.15, 0.2) is 6.07 Å². The van der Waals surface area contributed by atoms with Crippen molar-refractivity contribution in [2.45, 2.75) is 13.0 Å². The summed E-state index contributed by atoms with van der Waals surface area (Å²) >= 11 is 1.16. The number of aliphatic hydroxyl groups excluding tert-OH is 1. The molecule has 0 aromatic carbocycles. The van der Waals surface area contributed by atoms with Gasteiger partial charge in [0.2, 0.25) is 0 Å². The summed E-state index contributed by atoms with van der Waals surface area (Å²) in [5, 5.41) is 9.35. The SMILES string of the molecule is C[C@@H](O)COc1nc2sc(N)nc2cc1F. The summed E-state index contributed by atoms with van der Waals surface area (Å²) in [5.41, 5.74) is 5.88. The van der Waals surface area contributed by atoms with Gasteiger partial charge in [-0.25, -0.2) is 9.37 Å². The van der Waals surface area contributed by atoms with Gasteiger partial charge in [0.1, 0.15) is 17.0 Å². The number of fused-ring (bicyclic) bond motifs is 1. The smallest absolute Gasteiger partial charge is 0.252 e. The largest absolute Gasteiger partial charge is 0.473 e. The van der Waals surface area contributed by atoms with Gasteiger partial charge >= 0.3 is 0 Å². The Balaban J connectivity index is 2.34. The summed E-state index contributed by atoms with van der Waals surface area (Å²) in [6, 6.07) is 1.21. The Bertz CT molecular complexity index is 515. The first-order valence-corrected chi connectivity index (χ1v) is 5.41. The third-order valence-electron chi connectivity index (χ3n) is 1.78. The van der Waals surface area contributed by atoms with Gasteiger partial charge in [-0.05, 0) is 6.92 Å². The van der Waals surface area contributed by atoms with Crippen molar-refractivity contribution in [3.05, 3.63) is 11.9 Å². The van der Waals surface area contributed by atoms with E-state index in [0.29, 0.717) is 15.5 Å². The summed E-state index contributed by atoms with van der Waals surface area (Å²) in [4.78, 5) is 8.35. The fourth-order valence-electron chi connectivity index (χ4n) is 1.14. The molecule has 0 saturated heterocycles. The van der Waals surface area contributed by atoms with E-state index in [1.807, 2.05) is 0 Å². The first kappa shape index (κ1) is 11.0. The molecular weight excluding hydrogens is 233 g/mol. The number of pyridine rings is 1. The third-order valence-corrected chi connectivity index (χ3v) is 2.58. The predicted octanol–water partition coefficient (Wildman–Crippen LogP) is 1.17. The number of rotatable bonds is 3. The van der Waals surface area contributed by atoms with Crippen molar-refractivity contribution in [3.8, 4) is 5.88 Å². The molecule has 1 atom stereocenters. The Labute approximate surface area is 94.7 Å². The van der Waals surface area contributed by atoms with E-state index >= 15 is 0 Å². The van der Waals surface area contributed by atoms with Crippen LogP contribution in [-0.2, 0) is 0 Å². The number of hydrogen-bond acceptors (Lipinski definition) is 6. The van der Waals surface area contributed by atoms with Crippen molar-refractivity contribution in [3.63, 3.8) is 0 Å². The highest BCUT2D eigenvalue weighted by molar-refractivity contribution is 7.21. The van der Waals surface area contributed by atoms with Crippen LogP contribution in [0, 0.1) is 5.82 Å². The third kappa shape index (κ3) is 2.20. The molecule has 86 valence electrons. The average Bonchev–Trinajstić information content (AvgIpc) is 2.53. The van der Waals surface area contributed by atoms with Gasteiger partial charge in [-0.15, -0.1) is 0 Å². The molecular formula is C9H10FN3O2S. The molecule has 2 aromatic heterocycles. The van der Waals surface area contributed by atoms with Crippen LogP contribution in [0.4, 0.5) is 9.52 Å². The zero-order chi connectivity index (χ0) is 11.7. The number of nitrogen functional groups attached to an aromatic ring is 1. The van der Waals surface area contributed by atoms with Crippen molar-refractivity contribution in [2.24, 2.45) is 0 Å². The van der Waals surface area contributed by atoms with E-state index in [2.05, 4.69) is 9.97 Å². The van der Waals surface area contributed by atoms with Gasteiger partial charge in [-0.2, -0.15) is 4.98 Å². The normalized spacial score (nSPS) is 12.9. The highest BCUT2D eigenvalue weighted by Crippen LogP contribution is 2.26. The van der Waals surface area contributed by atoms with E-state index in [0.717, 1.165) is 11.3 Å². The molecule has 0 aliphatic heterocycles. The number of anilines is 1. The van der Waals surface area contributed by atoms with Crippen LogP contribution in [0.25, 0.3) is 10.3 Å². The molecule has 0 unspecified atom stereocenters. The summed E-state index contributed by atoms with van der Waals surface area (Å²) in [6.45, 7) is 1.53. The van der Waals surface area contributed by atoms with E-state index in [1.165, 1.54) is 6.07 Å².